The van der Waals surface area contributed by atoms with E-state index in [0.29, 0.717) is 5.75 Å². The second-order valence-corrected chi connectivity index (χ2v) is 4.30. The van der Waals surface area contributed by atoms with Crippen molar-refractivity contribution < 1.29 is 14.6 Å². The summed E-state index contributed by atoms with van der Waals surface area (Å²) in [6.45, 7) is 3.68. The highest BCUT2D eigenvalue weighted by Gasteiger charge is 2.17. The molecule has 0 saturated carbocycles. The molecule has 1 N–H and O–H groups in total. The molecule has 0 radical (unpaired) electrons. The lowest BCUT2D eigenvalue weighted by molar-refractivity contribution is -0.136. The van der Waals surface area contributed by atoms with Crippen molar-refractivity contribution in [3.63, 3.8) is 0 Å². The van der Waals surface area contributed by atoms with E-state index >= 15 is 0 Å². The Morgan fingerprint density at radius 2 is 2.05 bits per heavy atom. The van der Waals surface area contributed by atoms with Crippen LogP contribution in [0.15, 0.2) is 24.3 Å². The molecule has 19 heavy (non-hydrogen) atoms. The van der Waals surface area contributed by atoms with Gasteiger partial charge in [-0.1, -0.05) is 12.1 Å². The summed E-state index contributed by atoms with van der Waals surface area (Å²) in [5, 5.41) is 13.4. The lowest BCUT2D eigenvalue weighted by atomic mass is 10.1. The molecule has 1 heterocycles. The van der Waals surface area contributed by atoms with Gasteiger partial charge in [0.05, 0.1) is 19.2 Å². The molecule has 1 aromatic carbocycles. The summed E-state index contributed by atoms with van der Waals surface area (Å²) in [6, 6.07) is 7.52. The molecule has 0 aliphatic rings. The molecule has 0 amide bonds. The van der Waals surface area contributed by atoms with Crippen LogP contribution in [0.1, 0.15) is 17.0 Å². The number of hydrogen-bond acceptors (Lipinski definition) is 3. The van der Waals surface area contributed by atoms with Crippen molar-refractivity contribution in [2.24, 2.45) is 0 Å². The number of aliphatic carboxylic acids is 1. The highest BCUT2D eigenvalue weighted by Crippen LogP contribution is 2.25. The molecule has 0 aliphatic heterocycles. The molecule has 0 spiro atoms. The monoisotopic (exact) mass is 260 g/mol. The molecule has 2 rings (SSSR count). The fourth-order valence-corrected chi connectivity index (χ4v) is 2.12. The minimum atomic E-state index is -0.856. The van der Waals surface area contributed by atoms with E-state index in [4.69, 9.17) is 9.84 Å². The third-order valence-corrected chi connectivity index (χ3v) is 3.08. The Morgan fingerprint density at radius 1 is 1.37 bits per heavy atom. The number of aryl methyl sites for hydroxylation is 1. The zero-order valence-electron chi connectivity index (χ0n) is 11.2. The van der Waals surface area contributed by atoms with Crippen LogP contribution in [-0.2, 0) is 11.2 Å². The number of nitrogens with zero attached hydrogens (tertiary/aromatic N) is 2. The average Bonchev–Trinajstić information content (AvgIpc) is 2.66. The first kappa shape index (κ1) is 13.1. The van der Waals surface area contributed by atoms with Gasteiger partial charge in [0.15, 0.2) is 0 Å². The average molecular weight is 260 g/mol. The maximum atomic E-state index is 10.9. The van der Waals surface area contributed by atoms with Crippen LogP contribution >= 0.6 is 0 Å². The number of benzene rings is 1. The quantitative estimate of drug-likeness (QED) is 0.914. The summed E-state index contributed by atoms with van der Waals surface area (Å²) in [6.07, 6.45) is -0.0210. The van der Waals surface area contributed by atoms with Gasteiger partial charge in [-0.2, -0.15) is 5.10 Å². The van der Waals surface area contributed by atoms with Crippen molar-refractivity contribution in [2.75, 3.05) is 7.11 Å². The third kappa shape index (κ3) is 2.45. The Balaban J connectivity index is 2.55. The smallest absolute Gasteiger partial charge is 0.307 e. The zero-order valence-corrected chi connectivity index (χ0v) is 11.2. The maximum absolute atomic E-state index is 10.9. The fourth-order valence-electron chi connectivity index (χ4n) is 2.12. The van der Waals surface area contributed by atoms with Crippen LogP contribution in [0, 0.1) is 13.8 Å². The summed E-state index contributed by atoms with van der Waals surface area (Å²) in [4.78, 5) is 10.9. The molecular formula is C14H16N2O3. The van der Waals surface area contributed by atoms with Crippen molar-refractivity contribution in [1.82, 2.24) is 9.78 Å². The Labute approximate surface area is 111 Å². The standard InChI is InChI=1S/C14H16N2O3/c1-9-11(8-14(17)18)10(2)16(15-9)12-6-4-5-7-13(12)19-3/h4-7H,8H2,1-3H3,(H,17,18). The topological polar surface area (TPSA) is 64.4 Å². The second-order valence-electron chi connectivity index (χ2n) is 4.30. The summed E-state index contributed by atoms with van der Waals surface area (Å²) in [5.74, 6) is -0.152. The third-order valence-electron chi connectivity index (χ3n) is 3.08. The second kappa shape index (κ2) is 5.14. The molecule has 5 nitrogen and oxygen atoms in total. The van der Waals surface area contributed by atoms with E-state index in [1.807, 2.05) is 38.1 Å². The maximum Gasteiger partial charge on any atom is 0.307 e. The summed E-state index contributed by atoms with van der Waals surface area (Å²) >= 11 is 0. The van der Waals surface area contributed by atoms with Crippen molar-refractivity contribution in [3.8, 4) is 11.4 Å². The Hall–Kier alpha value is -2.30. The number of aromatic nitrogens is 2. The van der Waals surface area contributed by atoms with Gasteiger partial charge in [-0.15, -0.1) is 0 Å². The van der Waals surface area contributed by atoms with E-state index in [2.05, 4.69) is 5.10 Å². The molecular weight excluding hydrogens is 244 g/mol. The van der Waals surface area contributed by atoms with Gasteiger partial charge in [-0.3, -0.25) is 4.79 Å². The van der Waals surface area contributed by atoms with Crippen LogP contribution in [0.25, 0.3) is 5.69 Å². The van der Waals surface area contributed by atoms with Crippen LogP contribution in [0.5, 0.6) is 5.75 Å². The Kier molecular flexibility index (Phi) is 3.55. The molecule has 100 valence electrons. The predicted molar refractivity (Wildman–Crippen MR) is 70.9 cm³/mol. The van der Waals surface area contributed by atoms with Gasteiger partial charge in [0, 0.05) is 11.3 Å². The predicted octanol–water partition coefficient (Wildman–Crippen LogP) is 2.12. The van der Waals surface area contributed by atoms with Gasteiger partial charge >= 0.3 is 5.97 Å². The highest BCUT2D eigenvalue weighted by atomic mass is 16.5. The van der Waals surface area contributed by atoms with Crippen molar-refractivity contribution in [2.45, 2.75) is 20.3 Å². The van der Waals surface area contributed by atoms with Crippen molar-refractivity contribution in [1.29, 1.82) is 0 Å². The van der Waals surface area contributed by atoms with Crippen molar-refractivity contribution in [3.05, 3.63) is 41.2 Å². The van der Waals surface area contributed by atoms with E-state index in [9.17, 15) is 4.79 Å². The molecule has 5 heteroatoms. The molecule has 0 bridgehead atoms. The first-order chi connectivity index (χ1) is 9.04. The molecule has 1 aromatic heterocycles. The van der Waals surface area contributed by atoms with Gasteiger partial charge < -0.3 is 9.84 Å². The molecule has 0 fully saturated rings. The normalized spacial score (nSPS) is 10.5. The summed E-state index contributed by atoms with van der Waals surface area (Å²) < 4.78 is 7.04. The van der Waals surface area contributed by atoms with Crippen LogP contribution in [-0.4, -0.2) is 28.0 Å². The lowest BCUT2D eigenvalue weighted by Gasteiger charge is -2.09. The highest BCUT2D eigenvalue weighted by molar-refractivity contribution is 5.71. The van der Waals surface area contributed by atoms with E-state index in [1.165, 1.54) is 0 Å². The molecule has 0 aliphatic carbocycles. The number of rotatable bonds is 4. The number of carboxylic acids is 1. The molecule has 2 aromatic rings. The van der Waals surface area contributed by atoms with Crippen LogP contribution in [0.2, 0.25) is 0 Å². The lowest BCUT2D eigenvalue weighted by Crippen LogP contribution is -2.04. The largest absolute Gasteiger partial charge is 0.494 e. The summed E-state index contributed by atoms with van der Waals surface area (Å²) in [7, 11) is 1.60. The van der Waals surface area contributed by atoms with Gasteiger partial charge in [0.2, 0.25) is 0 Å². The van der Waals surface area contributed by atoms with Crippen LogP contribution in [0.4, 0.5) is 0 Å². The first-order valence-corrected chi connectivity index (χ1v) is 5.95. The van der Waals surface area contributed by atoms with Gasteiger partial charge in [0.1, 0.15) is 11.4 Å². The van der Waals surface area contributed by atoms with E-state index in [-0.39, 0.29) is 6.42 Å². The van der Waals surface area contributed by atoms with E-state index in [0.717, 1.165) is 22.6 Å². The zero-order chi connectivity index (χ0) is 14.0. The minimum Gasteiger partial charge on any atom is -0.494 e. The Morgan fingerprint density at radius 3 is 2.68 bits per heavy atom. The number of para-hydroxylation sites is 2. The van der Waals surface area contributed by atoms with Crippen molar-refractivity contribution >= 4 is 5.97 Å². The fraction of sp³-hybridized carbons (Fsp3) is 0.286. The minimum absolute atomic E-state index is 0.0210. The molecule has 0 atom stereocenters. The van der Waals surface area contributed by atoms with Gasteiger partial charge in [-0.25, -0.2) is 4.68 Å². The van der Waals surface area contributed by atoms with E-state index < -0.39 is 5.97 Å². The SMILES string of the molecule is COc1ccccc1-n1nc(C)c(CC(=O)O)c1C. The first-order valence-electron chi connectivity index (χ1n) is 5.95. The number of carbonyl (C=O) groups is 1. The van der Waals surface area contributed by atoms with E-state index in [1.54, 1.807) is 11.8 Å². The number of hydrogen-bond donors (Lipinski definition) is 1. The van der Waals surface area contributed by atoms with Gasteiger partial charge in [0.25, 0.3) is 0 Å². The molecule has 0 saturated heterocycles. The van der Waals surface area contributed by atoms with Gasteiger partial charge in [-0.05, 0) is 26.0 Å². The van der Waals surface area contributed by atoms with Crippen LogP contribution in [0.3, 0.4) is 0 Å². The van der Waals surface area contributed by atoms with Crippen LogP contribution < -0.4 is 4.74 Å². The molecule has 0 unspecified atom stereocenters. The Bertz CT molecular complexity index is 617. The number of methoxy groups -OCH3 is 1. The number of ether oxygens (including phenoxy) is 1. The number of carboxylic acid groups (broad SMARTS) is 1. The summed E-state index contributed by atoms with van der Waals surface area (Å²) in [5.41, 5.74) is 3.11.